The summed E-state index contributed by atoms with van der Waals surface area (Å²) in [5, 5.41) is 11.1. The molecule has 1 N–H and O–H groups in total. The maximum absolute atomic E-state index is 12.8. The third-order valence-corrected chi connectivity index (χ3v) is 4.24. The predicted molar refractivity (Wildman–Crippen MR) is 93.4 cm³/mol. The molecule has 0 bridgehead atoms. The van der Waals surface area contributed by atoms with E-state index in [4.69, 9.17) is 4.52 Å². The Labute approximate surface area is 155 Å². The molecule has 0 aliphatic rings. The second-order valence-corrected chi connectivity index (χ2v) is 5.98. The van der Waals surface area contributed by atoms with Crippen LogP contribution in [0.1, 0.15) is 15.9 Å². The van der Waals surface area contributed by atoms with E-state index in [-0.39, 0.29) is 5.52 Å². The molecule has 0 atom stereocenters. The zero-order valence-corrected chi connectivity index (χ0v) is 14.4. The van der Waals surface area contributed by atoms with Crippen LogP contribution in [0.15, 0.2) is 53.1 Å². The normalized spacial score (nSPS) is 11.7. The highest BCUT2D eigenvalue weighted by atomic mass is 19.4. The predicted octanol–water partition coefficient (Wildman–Crippen LogP) is 4.69. The van der Waals surface area contributed by atoms with Crippen LogP contribution < -0.4 is 0 Å². The molecule has 0 aliphatic carbocycles. The van der Waals surface area contributed by atoms with Gasteiger partial charge in [0.05, 0.1) is 23.8 Å². The number of halogens is 3. The molecular weight excluding hydrogens is 375 g/mol. The molecule has 0 saturated heterocycles. The first kappa shape index (κ1) is 17.8. The molecule has 4 aromatic rings. The summed E-state index contributed by atoms with van der Waals surface area (Å²) in [4.78, 5) is 11.5. The van der Waals surface area contributed by atoms with Crippen LogP contribution in [0.25, 0.3) is 33.6 Å². The third-order valence-electron chi connectivity index (χ3n) is 4.24. The Morgan fingerprint density at radius 3 is 2.54 bits per heavy atom. The van der Waals surface area contributed by atoms with E-state index in [0.29, 0.717) is 33.7 Å². The number of hydrogen-bond donors (Lipinski definition) is 1. The van der Waals surface area contributed by atoms with Gasteiger partial charge in [-0.25, -0.2) is 4.79 Å². The van der Waals surface area contributed by atoms with Crippen LogP contribution >= 0.6 is 0 Å². The first-order chi connectivity index (χ1) is 13.4. The van der Waals surface area contributed by atoms with E-state index < -0.39 is 17.7 Å². The maximum Gasteiger partial charge on any atom is 0.416 e. The average Bonchev–Trinajstić information content (AvgIpc) is 3.33. The van der Waals surface area contributed by atoms with Crippen molar-refractivity contribution in [1.82, 2.24) is 15.4 Å². The van der Waals surface area contributed by atoms with E-state index in [0.717, 1.165) is 12.1 Å². The van der Waals surface area contributed by atoms with Gasteiger partial charge in [0.2, 0.25) is 0 Å². The number of benzene rings is 2. The van der Waals surface area contributed by atoms with Crippen molar-refractivity contribution in [3.8, 4) is 22.7 Å². The van der Waals surface area contributed by atoms with Gasteiger partial charge in [-0.2, -0.15) is 18.3 Å². The largest absolute Gasteiger partial charge is 0.465 e. The van der Waals surface area contributed by atoms with E-state index in [1.165, 1.54) is 13.2 Å². The zero-order valence-electron chi connectivity index (χ0n) is 14.4. The van der Waals surface area contributed by atoms with Gasteiger partial charge in [0.15, 0.2) is 5.76 Å². The van der Waals surface area contributed by atoms with Crippen molar-refractivity contribution in [3.63, 3.8) is 0 Å². The van der Waals surface area contributed by atoms with Gasteiger partial charge in [-0.05, 0) is 30.3 Å². The van der Waals surface area contributed by atoms with Crippen LogP contribution in [0.5, 0.6) is 0 Å². The van der Waals surface area contributed by atoms with Gasteiger partial charge in [-0.3, -0.25) is 5.10 Å². The van der Waals surface area contributed by atoms with Crippen molar-refractivity contribution in [1.29, 1.82) is 0 Å². The van der Waals surface area contributed by atoms with Crippen LogP contribution in [-0.2, 0) is 10.9 Å². The van der Waals surface area contributed by atoms with Crippen LogP contribution in [-0.4, -0.2) is 28.4 Å². The highest BCUT2D eigenvalue weighted by Gasteiger charge is 2.31. The van der Waals surface area contributed by atoms with Crippen LogP contribution in [0.2, 0.25) is 0 Å². The van der Waals surface area contributed by atoms with Crippen LogP contribution in [0.4, 0.5) is 13.2 Å². The summed E-state index contributed by atoms with van der Waals surface area (Å²) < 4.78 is 48.5. The standard InChI is InChI=1S/C19H12F3N3O3/c1-27-18(26)11-4-2-10(3-5-11)14-9-16(28-25-14)17-13-7-6-12(19(20,21)22)8-15(13)23-24-17/h2-9H,1H3,(H,23,24). The monoisotopic (exact) mass is 387 g/mol. The molecule has 6 nitrogen and oxygen atoms in total. The molecule has 4 rings (SSSR count). The topological polar surface area (TPSA) is 81.0 Å². The van der Waals surface area contributed by atoms with Crippen LogP contribution in [0, 0.1) is 0 Å². The maximum atomic E-state index is 12.8. The summed E-state index contributed by atoms with van der Waals surface area (Å²) >= 11 is 0. The fourth-order valence-corrected chi connectivity index (χ4v) is 2.80. The highest BCUT2D eigenvalue weighted by Crippen LogP contribution is 2.34. The molecule has 0 fully saturated rings. The molecule has 0 spiro atoms. The number of fused-ring (bicyclic) bond motifs is 1. The Kier molecular flexibility index (Phi) is 4.14. The minimum absolute atomic E-state index is 0.241. The lowest BCUT2D eigenvalue weighted by atomic mass is 10.1. The molecule has 28 heavy (non-hydrogen) atoms. The van der Waals surface area contributed by atoms with Gasteiger partial charge in [-0.15, -0.1) is 0 Å². The fourth-order valence-electron chi connectivity index (χ4n) is 2.80. The highest BCUT2D eigenvalue weighted by molar-refractivity contribution is 5.92. The number of nitrogens with one attached hydrogen (secondary N) is 1. The number of esters is 1. The molecule has 0 amide bonds. The average molecular weight is 387 g/mol. The number of carbonyl (C=O) groups is 1. The van der Waals surface area contributed by atoms with Crippen molar-refractivity contribution >= 4 is 16.9 Å². The van der Waals surface area contributed by atoms with E-state index in [1.807, 2.05) is 0 Å². The van der Waals surface area contributed by atoms with E-state index in [9.17, 15) is 18.0 Å². The Hall–Kier alpha value is -3.62. The lowest BCUT2D eigenvalue weighted by molar-refractivity contribution is -0.137. The number of rotatable bonds is 3. The van der Waals surface area contributed by atoms with Gasteiger partial charge in [0.1, 0.15) is 11.4 Å². The number of aromatic amines is 1. The molecule has 9 heteroatoms. The fraction of sp³-hybridized carbons (Fsp3) is 0.105. The summed E-state index contributed by atoms with van der Waals surface area (Å²) in [6.07, 6.45) is -4.44. The van der Waals surface area contributed by atoms with Crippen molar-refractivity contribution < 1.29 is 27.2 Å². The summed E-state index contributed by atoms with van der Waals surface area (Å²) in [5.74, 6) is -0.147. The first-order valence-electron chi connectivity index (χ1n) is 8.08. The van der Waals surface area contributed by atoms with Gasteiger partial charge in [-0.1, -0.05) is 17.3 Å². The Morgan fingerprint density at radius 1 is 1.11 bits per heavy atom. The number of nitrogens with zero attached hydrogens (tertiary/aromatic N) is 2. The number of carbonyl (C=O) groups excluding carboxylic acids is 1. The van der Waals surface area contributed by atoms with E-state index in [2.05, 4.69) is 20.1 Å². The number of hydrogen-bond acceptors (Lipinski definition) is 5. The summed E-state index contributed by atoms with van der Waals surface area (Å²) in [5.41, 5.74) is 1.42. The molecule has 142 valence electrons. The minimum Gasteiger partial charge on any atom is -0.465 e. The quantitative estimate of drug-likeness (QED) is 0.516. The number of H-pyrrole nitrogens is 1. The van der Waals surface area contributed by atoms with Crippen molar-refractivity contribution in [3.05, 3.63) is 59.7 Å². The number of methoxy groups -OCH3 is 1. The molecule has 0 saturated carbocycles. The summed E-state index contributed by atoms with van der Waals surface area (Å²) in [6.45, 7) is 0. The van der Waals surface area contributed by atoms with Gasteiger partial charge >= 0.3 is 12.1 Å². The second kappa shape index (κ2) is 6.52. The van der Waals surface area contributed by atoms with Crippen LogP contribution in [0.3, 0.4) is 0 Å². The van der Waals surface area contributed by atoms with E-state index in [1.54, 1.807) is 30.3 Å². The summed E-state index contributed by atoms with van der Waals surface area (Å²) in [6, 6.07) is 11.5. The van der Waals surface area contributed by atoms with Gasteiger partial charge in [0.25, 0.3) is 0 Å². The molecule has 0 radical (unpaired) electrons. The molecule has 2 heterocycles. The number of aromatic nitrogens is 3. The van der Waals surface area contributed by atoms with Gasteiger partial charge in [0, 0.05) is 17.0 Å². The second-order valence-electron chi connectivity index (χ2n) is 5.98. The molecule has 0 unspecified atom stereocenters. The van der Waals surface area contributed by atoms with Crippen molar-refractivity contribution in [2.24, 2.45) is 0 Å². The minimum atomic E-state index is -4.44. The number of alkyl halides is 3. The smallest absolute Gasteiger partial charge is 0.416 e. The molecular formula is C19H12F3N3O3. The molecule has 0 aliphatic heterocycles. The Bertz CT molecular complexity index is 1160. The number of ether oxygens (including phenoxy) is 1. The summed E-state index contributed by atoms with van der Waals surface area (Å²) in [7, 11) is 1.30. The van der Waals surface area contributed by atoms with Crippen molar-refractivity contribution in [2.45, 2.75) is 6.18 Å². The van der Waals surface area contributed by atoms with Crippen molar-refractivity contribution in [2.75, 3.05) is 7.11 Å². The third kappa shape index (κ3) is 3.11. The lowest BCUT2D eigenvalue weighted by Gasteiger charge is -2.05. The zero-order chi connectivity index (χ0) is 19.9. The molecule has 2 aromatic carbocycles. The first-order valence-corrected chi connectivity index (χ1v) is 8.08. The van der Waals surface area contributed by atoms with E-state index >= 15 is 0 Å². The molecule has 2 aromatic heterocycles. The lowest BCUT2D eigenvalue weighted by Crippen LogP contribution is -2.04. The SMILES string of the molecule is COC(=O)c1ccc(-c2cc(-c3n[nH]c4cc(C(F)(F)F)ccc34)on2)cc1. The Balaban J connectivity index is 1.67. The Morgan fingerprint density at radius 2 is 1.86 bits per heavy atom. The van der Waals surface area contributed by atoms with Gasteiger partial charge < -0.3 is 9.26 Å².